The van der Waals surface area contributed by atoms with Crippen LogP contribution in [0.15, 0.2) is 0 Å². The van der Waals surface area contributed by atoms with Crippen LogP contribution in [-0.4, -0.2) is 24.1 Å². The molecule has 5 aliphatic rings. The van der Waals surface area contributed by atoms with Gasteiger partial charge in [0.1, 0.15) is 0 Å². The molecule has 4 bridgehead atoms. The topological polar surface area (TPSA) is 12.0 Å². The largest absolute Gasteiger partial charge is 0.313 e. The van der Waals surface area contributed by atoms with Gasteiger partial charge >= 0.3 is 0 Å². The van der Waals surface area contributed by atoms with Crippen molar-refractivity contribution >= 4 is 11.8 Å². The molecule has 5 fully saturated rings. The molecule has 0 aromatic carbocycles. The lowest BCUT2D eigenvalue weighted by Gasteiger charge is -2.57. The maximum Gasteiger partial charge on any atom is 0.0166 e. The first-order valence-electron chi connectivity index (χ1n) is 8.12. The van der Waals surface area contributed by atoms with Crippen molar-refractivity contribution < 1.29 is 0 Å². The monoisotopic (exact) mass is 265 g/mol. The smallest absolute Gasteiger partial charge is 0.0166 e. The predicted octanol–water partition coefficient (Wildman–Crippen LogP) is 3.69. The van der Waals surface area contributed by atoms with Gasteiger partial charge in [0, 0.05) is 11.8 Å². The standard InChI is InChI=1S/C16H27NS/c1-4-18-11-15(1)17-3-2-16-8-12-5-13(9-16)7-14(6-12)10-16/h12-15,17H,1-11H2. The fourth-order valence-electron chi connectivity index (χ4n) is 5.83. The van der Waals surface area contributed by atoms with Gasteiger partial charge < -0.3 is 5.32 Å². The Morgan fingerprint density at radius 2 is 1.67 bits per heavy atom. The van der Waals surface area contributed by atoms with Crippen LogP contribution >= 0.6 is 11.8 Å². The van der Waals surface area contributed by atoms with E-state index < -0.39 is 0 Å². The minimum absolute atomic E-state index is 0.785. The summed E-state index contributed by atoms with van der Waals surface area (Å²) in [7, 11) is 0. The lowest BCUT2D eigenvalue weighted by atomic mass is 9.49. The molecule has 5 rings (SSSR count). The number of rotatable bonds is 4. The molecular formula is C16H27NS. The van der Waals surface area contributed by atoms with E-state index in [-0.39, 0.29) is 0 Å². The van der Waals surface area contributed by atoms with E-state index in [2.05, 4.69) is 17.1 Å². The second-order valence-electron chi connectivity index (χ2n) is 7.68. The third-order valence-corrected chi connectivity index (χ3v) is 7.35. The van der Waals surface area contributed by atoms with Gasteiger partial charge in [0.2, 0.25) is 0 Å². The van der Waals surface area contributed by atoms with E-state index in [1.165, 1.54) is 30.9 Å². The lowest BCUT2D eigenvalue weighted by Crippen LogP contribution is -2.47. The molecule has 2 heteroatoms. The van der Waals surface area contributed by atoms with E-state index in [9.17, 15) is 0 Å². The number of nitrogens with one attached hydrogen (secondary N) is 1. The zero-order valence-corrected chi connectivity index (χ0v) is 12.3. The minimum atomic E-state index is 0.785. The van der Waals surface area contributed by atoms with Crippen LogP contribution in [0.1, 0.15) is 51.4 Å². The van der Waals surface area contributed by atoms with Crippen molar-refractivity contribution in [2.45, 2.75) is 57.4 Å². The zero-order valence-electron chi connectivity index (χ0n) is 11.5. The maximum atomic E-state index is 3.84. The fraction of sp³-hybridized carbons (Fsp3) is 1.00. The van der Waals surface area contributed by atoms with Crippen LogP contribution in [-0.2, 0) is 0 Å². The molecule has 0 spiro atoms. The molecule has 1 heterocycles. The van der Waals surface area contributed by atoms with Crippen LogP contribution in [0.2, 0.25) is 0 Å². The van der Waals surface area contributed by atoms with Gasteiger partial charge in [-0.05, 0) is 86.8 Å². The SMILES string of the molecule is C(CC12CC3CC(CC(C3)C1)C2)NC1CCSC1. The maximum absolute atomic E-state index is 3.84. The highest BCUT2D eigenvalue weighted by Gasteiger charge is 2.50. The molecule has 1 unspecified atom stereocenters. The summed E-state index contributed by atoms with van der Waals surface area (Å²) in [6, 6.07) is 0.837. The quantitative estimate of drug-likeness (QED) is 0.832. The molecule has 1 N–H and O–H groups in total. The van der Waals surface area contributed by atoms with Gasteiger partial charge in [-0.2, -0.15) is 11.8 Å². The first-order chi connectivity index (χ1) is 8.81. The average Bonchev–Trinajstić information content (AvgIpc) is 2.79. The Labute approximate surface area is 116 Å². The normalized spacial score (nSPS) is 50.0. The second-order valence-corrected chi connectivity index (χ2v) is 8.83. The molecule has 0 aromatic rings. The van der Waals surface area contributed by atoms with Crippen molar-refractivity contribution in [3.63, 3.8) is 0 Å². The molecule has 1 nitrogen and oxygen atoms in total. The minimum Gasteiger partial charge on any atom is -0.313 e. The van der Waals surface area contributed by atoms with Crippen molar-refractivity contribution in [3.8, 4) is 0 Å². The number of thioether (sulfide) groups is 1. The summed E-state index contributed by atoms with van der Waals surface area (Å²) in [6.07, 6.45) is 12.4. The summed E-state index contributed by atoms with van der Waals surface area (Å²) in [5.74, 6) is 6.12. The molecule has 102 valence electrons. The Morgan fingerprint density at radius 1 is 1.00 bits per heavy atom. The van der Waals surface area contributed by atoms with Gasteiger partial charge in [-0.25, -0.2) is 0 Å². The van der Waals surface area contributed by atoms with Crippen molar-refractivity contribution in [1.29, 1.82) is 0 Å². The highest BCUT2D eigenvalue weighted by molar-refractivity contribution is 7.99. The Morgan fingerprint density at radius 3 is 2.22 bits per heavy atom. The molecule has 4 saturated carbocycles. The highest BCUT2D eigenvalue weighted by Crippen LogP contribution is 2.61. The van der Waals surface area contributed by atoms with Crippen molar-refractivity contribution in [2.75, 3.05) is 18.1 Å². The number of hydrogen-bond acceptors (Lipinski definition) is 2. The van der Waals surface area contributed by atoms with E-state index >= 15 is 0 Å². The summed E-state index contributed by atoms with van der Waals surface area (Å²) < 4.78 is 0. The van der Waals surface area contributed by atoms with Crippen LogP contribution in [0.25, 0.3) is 0 Å². The molecule has 0 aromatic heterocycles. The van der Waals surface area contributed by atoms with Gasteiger partial charge in [-0.1, -0.05) is 0 Å². The first kappa shape index (κ1) is 12.1. The van der Waals surface area contributed by atoms with Gasteiger partial charge in [0.05, 0.1) is 0 Å². The first-order valence-corrected chi connectivity index (χ1v) is 9.28. The van der Waals surface area contributed by atoms with E-state index in [1.807, 2.05) is 0 Å². The molecule has 18 heavy (non-hydrogen) atoms. The van der Waals surface area contributed by atoms with E-state index in [0.717, 1.165) is 29.2 Å². The van der Waals surface area contributed by atoms with E-state index in [1.54, 1.807) is 38.5 Å². The molecule has 0 amide bonds. The molecule has 1 aliphatic heterocycles. The van der Waals surface area contributed by atoms with Crippen LogP contribution in [0.4, 0.5) is 0 Å². The van der Waals surface area contributed by atoms with Crippen LogP contribution in [0.5, 0.6) is 0 Å². The lowest BCUT2D eigenvalue weighted by molar-refractivity contribution is -0.0569. The third-order valence-electron chi connectivity index (χ3n) is 6.18. The van der Waals surface area contributed by atoms with Gasteiger partial charge in [0.15, 0.2) is 0 Å². The third kappa shape index (κ3) is 2.24. The molecule has 0 radical (unpaired) electrons. The Bertz CT molecular complexity index is 273. The number of hydrogen-bond donors (Lipinski definition) is 1. The summed E-state index contributed by atoms with van der Waals surface area (Å²) in [5.41, 5.74) is 0.785. The Hall–Kier alpha value is 0.310. The van der Waals surface area contributed by atoms with Gasteiger partial charge in [-0.3, -0.25) is 0 Å². The Balaban J connectivity index is 1.33. The van der Waals surface area contributed by atoms with Crippen molar-refractivity contribution in [2.24, 2.45) is 23.2 Å². The van der Waals surface area contributed by atoms with Crippen LogP contribution in [0, 0.1) is 23.2 Å². The molecule has 1 saturated heterocycles. The summed E-state index contributed by atoms with van der Waals surface area (Å²) in [6.45, 7) is 1.30. The van der Waals surface area contributed by atoms with Crippen molar-refractivity contribution in [1.82, 2.24) is 5.32 Å². The molecular weight excluding hydrogens is 238 g/mol. The van der Waals surface area contributed by atoms with Crippen molar-refractivity contribution in [3.05, 3.63) is 0 Å². The Kier molecular flexibility index (Phi) is 3.15. The fourth-order valence-corrected chi connectivity index (χ4v) is 7.02. The molecule has 1 atom stereocenters. The highest BCUT2D eigenvalue weighted by atomic mass is 32.2. The van der Waals surface area contributed by atoms with E-state index in [4.69, 9.17) is 0 Å². The van der Waals surface area contributed by atoms with E-state index in [0.29, 0.717) is 0 Å². The summed E-state index contributed by atoms with van der Waals surface area (Å²) in [4.78, 5) is 0. The van der Waals surface area contributed by atoms with Crippen LogP contribution in [0.3, 0.4) is 0 Å². The van der Waals surface area contributed by atoms with Crippen LogP contribution < -0.4 is 5.32 Å². The zero-order chi connectivity index (χ0) is 12.0. The second kappa shape index (κ2) is 4.70. The summed E-state index contributed by atoms with van der Waals surface area (Å²) in [5, 5.41) is 3.84. The van der Waals surface area contributed by atoms with Gasteiger partial charge in [0.25, 0.3) is 0 Å². The molecule has 4 aliphatic carbocycles. The predicted molar refractivity (Wildman–Crippen MR) is 79.0 cm³/mol. The van der Waals surface area contributed by atoms with Gasteiger partial charge in [-0.15, -0.1) is 0 Å². The summed E-state index contributed by atoms with van der Waals surface area (Å²) >= 11 is 2.13. The average molecular weight is 265 g/mol.